The van der Waals surface area contributed by atoms with Crippen LogP contribution in [0.3, 0.4) is 0 Å². The summed E-state index contributed by atoms with van der Waals surface area (Å²) >= 11 is 0. The molecule has 33 heavy (non-hydrogen) atoms. The lowest BCUT2D eigenvalue weighted by Crippen LogP contribution is -2.35. The Labute approximate surface area is 195 Å². The molecule has 176 valence electrons. The van der Waals surface area contributed by atoms with E-state index in [4.69, 9.17) is 4.74 Å². The van der Waals surface area contributed by atoms with E-state index in [0.717, 1.165) is 17.7 Å². The number of hydrogen-bond acceptors (Lipinski definition) is 6. The average Bonchev–Trinajstić information content (AvgIpc) is 3.05. The zero-order valence-electron chi connectivity index (χ0n) is 20.0. The fraction of sp³-hybridized carbons (Fsp3) is 0.385. The average molecular weight is 452 g/mol. The van der Waals surface area contributed by atoms with Gasteiger partial charge in [-0.2, -0.15) is 0 Å². The summed E-state index contributed by atoms with van der Waals surface area (Å²) in [6, 6.07) is 14.0. The molecule has 0 saturated carbocycles. The van der Waals surface area contributed by atoms with Crippen molar-refractivity contribution in [3.63, 3.8) is 0 Å². The third-order valence-corrected chi connectivity index (χ3v) is 5.63. The van der Waals surface area contributed by atoms with Crippen molar-refractivity contribution in [3.8, 4) is 5.75 Å². The van der Waals surface area contributed by atoms with Crippen LogP contribution in [-0.2, 0) is 9.59 Å². The molecule has 3 rings (SSSR count). The number of carbonyl (C=O) groups is 2. The number of rotatable bonds is 9. The molecule has 7 nitrogen and oxygen atoms in total. The van der Waals surface area contributed by atoms with Crippen molar-refractivity contribution in [2.75, 3.05) is 52.8 Å². The monoisotopic (exact) mass is 451 g/mol. The fourth-order valence-corrected chi connectivity index (χ4v) is 3.83. The lowest BCUT2D eigenvalue weighted by Gasteiger charge is -2.27. The second-order valence-corrected chi connectivity index (χ2v) is 8.66. The summed E-state index contributed by atoms with van der Waals surface area (Å²) in [5.41, 5.74) is 2.33. The molecule has 2 aromatic rings. The summed E-state index contributed by atoms with van der Waals surface area (Å²) in [6.07, 6.45) is 0.857. The molecule has 0 spiro atoms. The van der Waals surface area contributed by atoms with Gasteiger partial charge < -0.3 is 24.5 Å². The molecular weight excluding hydrogens is 418 g/mol. The molecule has 1 unspecified atom stereocenters. The zero-order valence-corrected chi connectivity index (χ0v) is 20.0. The minimum absolute atomic E-state index is 0.101. The molecular formula is C26H33N3O4. The zero-order chi connectivity index (χ0) is 24.1. The molecule has 0 aliphatic carbocycles. The molecule has 2 aromatic carbocycles. The van der Waals surface area contributed by atoms with Crippen molar-refractivity contribution >= 4 is 23.1 Å². The van der Waals surface area contributed by atoms with Crippen LogP contribution in [0.5, 0.6) is 5.75 Å². The number of anilines is 1. The van der Waals surface area contributed by atoms with Gasteiger partial charge in [0.1, 0.15) is 11.5 Å². The van der Waals surface area contributed by atoms with E-state index in [1.54, 1.807) is 29.2 Å². The second kappa shape index (κ2) is 10.5. The van der Waals surface area contributed by atoms with Gasteiger partial charge in [-0.05, 0) is 50.3 Å². The maximum atomic E-state index is 13.1. The van der Waals surface area contributed by atoms with E-state index in [2.05, 4.69) is 0 Å². The number of nitrogens with zero attached hydrogens (tertiary/aromatic N) is 3. The molecule has 1 amide bonds. The van der Waals surface area contributed by atoms with E-state index >= 15 is 0 Å². The number of benzene rings is 2. The lowest BCUT2D eigenvalue weighted by molar-refractivity contribution is -0.140. The van der Waals surface area contributed by atoms with E-state index in [1.165, 1.54) is 0 Å². The molecule has 1 aliphatic rings. The van der Waals surface area contributed by atoms with Crippen molar-refractivity contribution < 1.29 is 19.4 Å². The first-order valence-electron chi connectivity index (χ1n) is 11.2. The van der Waals surface area contributed by atoms with Crippen LogP contribution in [0.2, 0.25) is 0 Å². The van der Waals surface area contributed by atoms with E-state index in [1.807, 2.05) is 69.2 Å². The summed E-state index contributed by atoms with van der Waals surface area (Å²) < 4.78 is 5.68. The summed E-state index contributed by atoms with van der Waals surface area (Å²) in [7, 11) is 7.73. The Hall–Kier alpha value is -3.32. The molecule has 7 heteroatoms. The Balaban J connectivity index is 2.10. The summed E-state index contributed by atoms with van der Waals surface area (Å²) in [6.45, 7) is 3.53. The molecule has 1 saturated heterocycles. The lowest BCUT2D eigenvalue weighted by atomic mass is 9.95. The fourth-order valence-electron chi connectivity index (χ4n) is 3.83. The maximum absolute atomic E-state index is 13.1. The van der Waals surface area contributed by atoms with Gasteiger partial charge in [0.25, 0.3) is 11.7 Å². The highest BCUT2D eigenvalue weighted by Gasteiger charge is 2.45. The molecule has 1 atom stereocenters. The van der Waals surface area contributed by atoms with E-state index < -0.39 is 17.7 Å². The Bertz CT molecular complexity index is 1030. The van der Waals surface area contributed by atoms with Crippen molar-refractivity contribution in [1.82, 2.24) is 9.80 Å². The van der Waals surface area contributed by atoms with Crippen LogP contribution >= 0.6 is 0 Å². The summed E-state index contributed by atoms with van der Waals surface area (Å²) in [4.78, 5) is 31.6. The van der Waals surface area contributed by atoms with Crippen LogP contribution in [-0.4, -0.2) is 74.5 Å². The quantitative estimate of drug-likeness (QED) is 0.357. The van der Waals surface area contributed by atoms with Crippen LogP contribution in [0.25, 0.3) is 5.76 Å². The van der Waals surface area contributed by atoms with Gasteiger partial charge in [-0.3, -0.25) is 9.59 Å². The van der Waals surface area contributed by atoms with Gasteiger partial charge in [0.2, 0.25) is 0 Å². The van der Waals surface area contributed by atoms with Crippen LogP contribution in [0.1, 0.15) is 30.5 Å². The summed E-state index contributed by atoms with van der Waals surface area (Å²) in [5.74, 6) is -0.856. The number of carbonyl (C=O) groups excluding carboxylic acids is 2. The van der Waals surface area contributed by atoms with Crippen LogP contribution < -0.4 is 9.64 Å². The minimum Gasteiger partial charge on any atom is -0.507 e. The van der Waals surface area contributed by atoms with Crippen LogP contribution in [0.15, 0.2) is 54.1 Å². The molecule has 0 aromatic heterocycles. The molecule has 0 radical (unpaired) electrons. The maximum Gasteiger partial charge on any atom is 0.295 e. The van der Waals surface area contributed by atoms with Gasteiger partial charge >= 0.3 is 0 Å². The number of likely N-dealkylation sites (tertiary alicyclic amines) is 1. The number of aliphatic hydroxyl groups is 1. The van der Waals surface area contributed by atoms with Crippen molar-refractivity contribution in [3.05, 3.63) is 65.2 Å². The van der Waals surface area contributed by atoms with Gasteiger partial charge in [0.05, 0.1) is 18.2 Å². The number of amides is 1. The number of ether oxygens (including phenoxy) is 1. The third kappa shape index (κ3) is 5.37. The van der Waals surface area contributed by atoms with Crippen molar-refractivity contribution in [2.24, 2.45) is 0 Å². The van der Waals surface area contributed by atoms with Crippen molar-refractivity contribution in [2.45, 2.75) is 19.4 Å². The first kappa shape index (κ1) is 24.3. The first-order valence-corrected chi connectivity index (χ1v) is 11.2. The highest BCUT2D eigenvalue weighted by atomic mass is 16.5. The van der Waals surface area contributed by atoms with Crippen LogP contribution in [0.4, 0.5) is 5.69 Å². The largest absolute Gasteiger partial charge is 0.507 e. The topological polar surface area (TPSA) is 73.3 Å². The Morgan fingerprint density at radius 1 is 1.06 bits per heavy atom. The molecule has 1 aliphatic heterocycles. The highest BCUT2D eigenvalue weighted by molar-refractivity contribution is 6.46. The highest BCUT2D eigenvalue weighted by Crippen LogP contribution is 2.40. The minimum atomic E-state index is -0.673. The first-order chi connectivity index (χ1) is 15.7. The van der Waals surface area contributed by atoms with E-state index in [9.17, 15) is 14.7 Å². The molecule has 1 fully saturated rings. The van der Waals surface area contributed by atoms with Gasteiger partial charge in [0.15, 0.2) is 0 Å². The Kier molecular flexibility index (Phi) is 7.76. The number of likely N-dealkylation sites (N-methyl/N-ethyl adjacent to an activating group) is 1. The number of hydrogen-bond donors (Lipinski definition) is 1. The van der Waals surface area contributed by atoms with Gasteiger partial charge in [0, 0.05) is 38.4 Å². The second-order valence-electron chi connectivity index (χ2n) is 8.66. The summed E-state index contributed by atoms with van der Waals surface area (Å²) in [5, 5.41) is 11.2. The smallest absolute Gasteiger partial charge is 0.295 e. The van der Waals surface area contributed by atoms with Crippen molar-refractivity contribution in [1.29, 1.82) is 0 Å². The Morgan fingerprint density at radius 2 is 1.76 bits per heavy atom. The normalized spacial score (nSPS) is 17.6. The predicted molar refractivity (Wildman–Crippen MR) is 131 cm³/mol. The van der Waals surface area contributed by atoms with E-state index in [0.29, 0.717) is 31.0 Å². The molecule has 1 N–H and O–H groups in total. The SMILES string of the molecule is CCCOc1cccc(/C(O)=C2\C(=O)C(=O)N(CCN(C)C)C2c2ccc(N(C)C)cc2)c1. The molecule has 1 heterocycles. The van der Waals surface area contributed by atoms with Gasteiger partial charge in [-0.1, -0.05) is 31.2 Å². The van der Waals surface area contributed by atoms with E-state index in [-0.39, 0.29) is 11.3 Å². The number of ketones is 1. The van der Waals surface area contributed by atoms with Crippen LogP contribution in [0, 0.1) is 0 Å². The Morgan fingerprint density at radius 3 is 2.36 bits per heavy atom. The predicted octanol–water partition coefficient (Wildman–Crippen LogP) is 3.52. The van der Waals surface area contributed by atoms with Gasteiger partial charge in [-0.15, -0.1) is 0 Å². The number of Topliss-reactive ketones (excluding diaryl/α,β-unsaturated/α-hetero) is 1. The third-order valence-electron chi connectivity index (χ3n) is 5.63. The van der Waals surface area contributed by atoms with Gasteiger partial charge in [-0.25, -0.2) is 0 Å². The molecule has 0 bridgehead atoms. The standard InChI is InChI=1S/C26H33N3O4/c1-6-16-33-21-9-7-8-19(17-21)24(30)22-23(18-10-12-20(13-11-18)28(4)5)29(15-14-27(2)3)26(32)25(22)31/h7-13,17,23,30H,6,14-16H2,1-5H3/b24-22+. The number of aliphatic hydroxyl groups excluding tert-OH is 1.